The lowest BCUT2D eigenvalue weighted by Gasteiger charge is -2.41. The van der Waals surface area contributed by atoms with Gasteiger partial charge in [-0.25, -0.2) is 4.57 Å². The van der Waals surface area contributed by atoms with Gasteiger partial charge in [-0.3, -0.25) is 13.8 Å². The van der Waals surface area contributed by atoms with Gasteiger partial charge < -0.3 is 40.3 Å². The van der Waals surface area contributed by atoms with Crippen molar-refractivity contribution >= 4 is 13.8 Å². The predicted molar refractivity (Wildman–Crippen MR) is 152 cm³/mol. The van der Waals surface area contributed by atoms with Crippen LogP contribution in [0.3, 0.4) is 0 Å². The topological polar surface area (TPSA) is 203 Å². The van der Waals surface area contributed by atoms with Crippen molar-refractivity contribution in [3.05, 3.63) is 0 Å². The molecule has 0 aromatic carbocycles. The molecule has 0 bridgehead atoms. The highest BCUT2D eigenvalue weighted by Crippen LogP contribution is 2.47. The summed E-state index contributed by atoms with van der Waals surface area (Å²) >= 11 is 0. The molecule has 1 saturated carbocycles. The second kappa shape index (κ2) is 21.9. The fourth-order valence-electron chi connectivity index (χ4n) is 4.59. The van der Waals surface area contributed by atoms with Crippen molar-refractivity contribution in [1.29, 1.82) is 0 Å². The van der Waals surface area contributed by atoms with E-state index in [-0.39, 0.29) is 6.42 Å². The summed E-state index contributed by atoms with van der Waals surface area (Å²) in [6, 6.07) is 0. The molecule has 0 heterocycles. The van der Waals surface area contributed by atoms with Crippen molar-refractivity contribution < 1.29 is 65.5 Å². The van der Waals surface area contributed by atoms with Gasteiger partial charge in [-0.1, -0.05) is 103 Å². The van der Waals surface area contributed by atoms with Crippen LogP contribution in [0.2, 0.25) is 0 Å². The number of rotatable bonds is 24. The number of aliphatic hydroxyl groups excluding tert-OH is 5. The summed E-state index contributed by atoms with van der Waals surface area (Å²) in [6.45, 7) is -5.70. The summed E-state index contributed by atoms with van der Waals surface area (Å²) < 4.78 is 64.4. The number of aliphatic hydroxyl groups is 6. The van der Waals surface area contributed by atoms with E-state index < -0.39 is 69.6 Å². The first-order valence-electron chi connectivity index (χ1n) is 17.4. The second-order valence-corrected chi connectivity index (χ2v) is 12.0. The zero-order valence-corrected chi connectivity index (χ0v) is 25.0. The molecule has 0 spiro atoms. The molecule has 0 saturated heterocycles. The number of carbonyl (C=O) groups is 1. The van der Waals surface area contributed by atoms with Gasteiger partial charge in [0.15, 0.2) is 0 Å². The summed E-state index contributed by atoms with van der Waals surface area (Å²) in [5.41, 5.74) is 0. The van der Waals surface area contributed by atoms with E-state index in [4.69, 9.17) is 6.85 Å². The van der Waals surface area contributed by atoms with E-state index >= 15 is 0 Å². The molecule has 0 aromatic heterocycles. The molecule has 0 aromatic rings. The Morgan fingerprint density at radius 2 is 1.12 bits per heavy atom. The molecule has 1 rings (SSSR count). The number of esters is 1. The highest BCUT2D eigenvalue weighted by atomic mass is 31.2. The van der Waals surface area contributed by atoms with E-state index in [0.29, 0.717) is 12.8 Å². The Kier molecular flexibility index (Phi) is 16.3. The number of phosphoric ester groups is 1. The van der Waals surface area contributed by atoms with Crippen LogP contribution in [0.4, 0.5) is 0 Å². The van der Waals surface area contributed by atoms with Crippen molar-refractivity contribution in [1.82, 2.24) is 0 Å². The minimum absolute atomic E-state index is 0.298. The minimum Gasteiger partial charge on any atom is -0.463 e. The van der Waals surface area contributed by atoms with E-state index in [1.54, 1.807) is 0 Å². The van der Waals surface area contributed by atoms with Crippen LogP contribution in [0.5, 0.6) is 0 Å². The standard InChI is InChI=1S/C28H55O12P/c1-2-3-4-5-6-7-8-9-10-11-12-13-14-15-16-17-18-22(30)38-19-21(29)20-39-41(36,37)40-28-26(34)24(32)23(31)25(33)27(28)35/h21,23-29,31-35H,2-20H2,1H3,(H,36,37)/t21-,23?,24-,25?,26?,27?,28?/m1/s1/i19D2,20D2,21D. The SMILES string of the molecule is [2H]C([2H])(OC(=O)CCCCCCCCCCCCCCCCCC)[C@@]([2H])(O)C([2H])([2H])OP(=O)(O)OC1C(O)C(O)C(O)[C@@H](O)C1O. The zero-order valence-electron chi connectivity index (χ0n) is 29.1. The highest BCUT2D eigenvalue weighted by Gasteiger charge is 2.51. The van der Waals surface area contributed by atoms with Gasteiger partial charge in [0.25, 0.3) is 0 Å². The third kappa shape index (κ3) is 16.7. The van der Waals surface area contributed by atoms with Gasteiger partial charge in [0.1, 0.15) is 49.3 Å². The first-order chi connectivity index (χ1) is 21.3. The molecular weight excluding hydrogens is 559 g/mol. The molecule has 8 atom stereocenters. The second-order valence-electron chi connectivity index (χ2n) is 10.7. The van der Waals surface area contributed by atoms with E-state index in [2.05, 4.69) is 20.7 Å². The maximum Gasteiger partial charge on any atom is 0.472 e. The van der Waals surface area contributed by atoms with E-state index in [9.17, 15) is 44.9 Å². The van der Waals surface area contributed by atoms with Crippen molar-refractivity contribution in [3.8, 4) is 0 Å². The maximum atomic E-state index is 12.5. The molecule has 1 aliphatic rings. The molecular formula is C28H55O12P. The Balaban J connectivity index is 2.42. The lowest BCUT2D eigenvalue weighted by atomic mass is 9.85. The van der Waals surface area contributed by atoms with Gasteiger partial charge in [-0.2, -0.15) is 0 Å². The molecule has 0 amide bonds. The van der Waals surface area contributed by atoms with Gasteiger partial charge in [0.05, 0.1) is 13.4 Å². The Labute approximate surface area is 251 Å². The molecule has 41 heavy (non-hydrogen) atoms. The van der Waals surface area contributed by atoms with Crippen LogP contribution in [0.1, 0.15) is 123 Å². The molecule has 6 unspecified atom stereocenters. The molecule has 0 radical (unpaired) electrons. The first kappa shape index (κ1) is 30.4. The summed E-state index contributed by atoms with van der Waals surface area (Å²) in [4.78, 5) is 22.2. The molecule has 244 valence electrons. The average molecular weight is 620 g/mol. The third-order valence-corrected chi connectivity index (χ3v) is 7.91. The van der Waals surface area contributed by atoms with Crippen LogP contribution in [0.25, 0.3) is 0 Å². The van der Waals surface area contributed by atoms with Crippen LogP contribution in [0, 0.1) is 0 Å². The Hall–Kier alpha value is -0.660. The smallest absolute Gasteiger partial charge is 0.463 e. The van der Waals surface area contributed by atoms with Gasteiger partial charge in [-0.15, -0.1) is 0 Å². The largest absolute Gasteiger partial charge is 0.472 e. The molecule has 12 nitrogen and oxygen atoms in total. The maximum absolute atomic E-state index is 12.5. The van der Waals surface area contributed by atoms with Crippen LogP contribution in [0.15, 0.2) is 0 Å². The summed E-state index contributed by atoms with van der Waals surface area (Å²) in [5.74, 6) is -1.20. The Bertz CT molecular complexity index is 915. The average Bonchev–Trinajstić information content (AvgIpc) is 2.96. The number of unbranched alkanes of at least 4 members (excludes halogenated alkanes) is 15. The van der Waals surface area contributed by atoms with Crippen molar-refractivity contribution in [3.63, 3.8) is 0 Å². The monoisotopic (exact) mass is 619 g/mol. The minimum atomic E-state index is -5.86. The molecule has 7 N–H and O–H groups in total. The quantitative estimate of drug-likeness (QED) is 0.0474. The Morgan fingerprint density at radius 1 is 0.732 bits per heavy atom. The van der Waals surface area contributed by atoms with Crippen molar-refractivity contribution in [2.75, 3.05) is 13.1 Å². The lowest BCUT2D eigenvalue weighted by molar-refractivity contribution is -0.220. The number of carbonyl (C=O) groups excluding carboxylic acids is 1. The predicted octanol–water partition coefficient (Wildman–Crippen LogP) is 2.86. The summed E-state index contributed by atoms with van der Waals surface area (Å²) in [6.07, 6.45) is 0.00846. The number of hydrogen-bond acceptors (Lipinski definition) is 11. The first-order valence-corrected chi connectivity index (χ1v) is 16.4. The summed E-state index contributed by atoms with van der Waals surface area (Å²) in [5, 5.41) is 59.3. The van der Waals surface area contributed by atoms with Gasteiger partial charge in [0.2, 0.25) is 0 Å². The number of hydrogen-bond donors (Lipinski definition) is 7. The van der Waals surface area contributed by atoms with Gasteiger partial charge in [-0.05, 0) is 6.42 Å². The van der Waals surface area contributed by atoms with Crippen LogP contribution in [-0.4, -0.2) is 97.3 Å². The third-order valence-electron chi connectivity index (χ3n) is 7.08. The van der Waals surface area contributed by atoms with Crippen LogP contribution < -0.4 is 0 Å². The van der Waals surface area contributed by atoms with Crippen molar-refractivity contribution in [2.45, 2.75) is 159 Å². The van der Waals surface area contributed by atoms with Crippen molar-refractivity contribution in [2.24, 2.45) is 0 Å². The van der Waals surface area contributed by atoms with Gasteiger partial charge >= 0.3 is 13.8 Å². The molecule has 13 heteroatoms. The zero-order chi connectivity index (χ0) is 35.2. The number of phosphoric acid groups is 1. The fraction of sp³-hybridized carbons (Fsp3) is 0.964. The van der Waals surface area contributed by atoms with Gasteiger partial charge in [0, 0.05) is 6.42 Å². The van der Waals surface area contributed by atoms with E-state index in [1.807, 2.05) is 0 Å². The van der Waals surface area contributed by atoms with Crippen LogP contribution in [-0.2, 0) is 23.1 Å². The van der Waals surface area contributed by atoms with E-state index in [0.717, 1.165) is 25.7 Å². The summed E-state index contributed by atoms with van der Waals surface area (Å²) in [7, 11) is -5.86. The van der Waals surface area contributed by atoms with E-state index in [1.165, 1.54) is 64.2 Å². The Morgan fingerprint density at radius 3 is 1.56 bits per heavy atom. The highest BCUT2D eigenvalue weighted by molar-refractivity contribution is 7.47. The molecule has 1 fully saturated rings. The lowest BCUT2D eigenvalue weighted by Crippen LogP contribution is -2.64. The fourth-order valence-corrected chi connectivity index (χ4v) is 5.39. The molecule has 1 aliphatic carbocycles. The number of ether oxygens (including phenoxy) is 1. The normalized spacial score (nSPS) is 30.2. The van der Waals surface area contributed by atoms with Crippen LogP contribution >= 0.6 is 7.82 Å². The molecule has 0 aliphatic heterocycles.